The third-order valence-electron chi connectivity index (χ3n) is 5.12. The van der Waals surface area contributed by atoms with Crippen molar-refractivity contribution in [3.8, 4) is 11.3 Å². The number of halogens is 1. The monoisotopic (exact) mass is 337 g/mol. The molecule has 2 heteroatoms. The molecule has 0 fully saturated rings. The highest BCUT2D eigenvalue weighted by Gasteiger charge is 2.12. The van der Waals surface area contributed by atoms with Crippen molar-refractivity contribution in [1.29, 1.82) is 0 Å². The highest BCUT2D eigenvalue weighted by Crippen LogP contribution is 2.35. The minimum absolute atomic E-state index is 0.240. The van der Waals surface area contributed by atoms with Crippen molar-refractivity contribution in [2.45, 2.75) is 6.92 Å². The van der Waals surface area contributed by atoms with E-state index in [1.807, 2.05) is 19.2 Å². The van der Waals surface area contributed by atoms with Gasteiger partial charge in [-0.15, -0.1) is 0 Å². The molecule has 1 heterocycles. The van der Waals surface area contributed by atoms with Crippen molar-refractivity contribution in [1.82, 2.24) is 4.98 Å². The van der Waals surface area contributed by atoms with Gasteiger partial charge in [0.05, 0.1) is 5.69 Å². The first-order valence-corrected chi connectivity index (χ1v) is 8.68. The van der Waals surface area contributed by atoms with Gasteiger partial charge in [-0.1, -0.05) is 54.6 Å². The number of aryl methyl sites for hydroxylation is 1. The van der Waals surface area contributed by atoms with E-state index in [0.717, 1.165) is 27.6 Å². The van der Waals surface area contributed by atoms with Crippen LogP contribution in [0, 0.1) is 12.7 Å². The zero-order valence-corrected chi connectivity index (χ0v) is 14.3. The Hall–Kier alpha value is -3.26. The average molecular weight is 337 g/mol. The molecule has 1 nitrogen and oxygen atoms in total. The molecule has 0 N–H and O–H groups in total. The van der Waals surface area contributed by atoms with Crippen LogP contribution < -0.4 is 0 Å². The molecule has 0 aliphatic rings. The van der Waals surface area contributed by atoms with E-state index < -0.39 is 0 Å². The van der Waals surface area contributed by atoms with Crippen molar-refractivity contribution < 1.29 is 4.39 Å². The Labute approximate surface area is 150 Å². The second kappa shape index (κ2) is 5.63. The first-order valence-electron chi connectivity index (χ1n) is 8.68. The van der Waals surface area contributed by atoms with Crippen LogP contribution in [0.15, 0.2) is 79.0 Å². The SMILES string of the molecule is Cc1ccc(F)cc1-c1nccc2c1ccc1c3ccccc3ccc21. The molecule has 0 aliphatic heterocycles. The van der Waals surface area contributed by atoms with Gasteiger partial charge in [-0.25, -0.2) is 4.39 Å². The lowest BCUT2D eigenvalue weighted by atomic mass is 9.94. The van der Waals surface area contributed by atoms with E-state index >= 15 is 0 Å². The van der Waals surface area contributed by atoms with Crippen LogP contribution in [0.5, 0.6) is 0 Å². The number of fused-ring (bicyclic) bond motifs is 5. The molecule has 0 radical (unpaired) electrons. The number of nitrogens with zero attached hydrogens (tertiary/aromatic N) is 1. The molecule has 0 saturated heterocycles. The number of rotatable bonds is 1. The number of pyridine rings is 1. The van der Waals surface area contributed by atoms with E-state index in [2.05, 4.69) is 53.5 Å². The van der Waals surface area contributed by atoms with Crippen molar-refractivity contribution in [2.75, 3.05) is 0 Å². The van der Waals surface area contributed by atoms with Crippen molar-refractivity contribution in [2.24, 2.45) is 0 Å². The molecule has 0 spiro atoms. The molecule has 0 saturated carbocycles. The summed E-state index contributed by atoms with van der Waals surface area (Å²) in [6, 6.07) is 23.9. The summed E-state index contributed by atoms with van der Waals surface area (Å²) in [5.41, 5.74) is 2.69. The molecular weight excluding hydrogens is 321 g/mol. The maximum Gasteiger partial charge on any atom is 0.123 e. The summed E-state index contributed by atoms with van der Waals surface area (Å²) < 4.78 is 13.8. The second-order valence-electron chi connectivity index (χ2n) is 6.66. The van der Waals surface area contributed by atoms with Crippen LogP contribution in [0.3, 0.4) is 0 Å². The van der Waals surface area contributed by atoms with E-state index in [0.29, 0.717) is 0 Å². The van der Waals surface area contributed by atoms with Crippen molar-refractivity contribution >= 4 is 32.3 Å². The number of aromatic nitrogens is 1. The van der Waals surface area contributed by atoms with Crippen LogP contribution in [0.4, 0.5) is 4.39 Å². The van der Waals surface area contributed by atoms with Gasteiger partial charge in [0.25, 0.3) is 0 Å². The normalized spacial score (nSPS) is 11.5. The van der Waals surface area contributed by atoms with Crippen LogP contribution in [0.1, 0.15) is 5.56 Å². The minimum Gasteiger partial charge on any atom is -0.256 e. The topological polar surface area (TPSA) is 12.9 Å². The zero-order chi connectivity index (χ0) is 17.7. The third kappa shape index (κ3) is 2.19. The largest absolute Gasteiger partial charge is 0.256 e. The van der Waals surface area contributed by atoms with Crippen molar-refractivity contribution in [3.05, 3.63) is 90.4 Å². The first kappa shape index (κ1) is 15.0. The van der Waals surface area contributed by atoms with Gasteiger partial charge in [-0.3, -0.25) is 4.98 Å². The van der Waals surface area contributed by atoms with Gasteiger partial charge in [0, 0.05) is 17.1 Å². The summed E-state index contributed by atoms with van der Waals surface area (Å²) in [6.07, 6.45) is 1.82. The number of benzene rings is 4. The van der Waals surface area contributed by atoms with Crippen LogP contribution in [-0.4, -0.2) is 4.98 Å². The molecular formula is C24H16FN. The van der Waals surface area contributed by atoms with Crippen LogP contribution in [0.2, 0.25) is 0 Å². The smallest absolute Gasteiger partial charge is 0.123 e. The molecule has 0 atom stereocenters. The molecule has 124 valence electrons. The fourth-order valence-corrected chi connectivity index (χ4v) is 3.82. The number of hydrogen-bond donors (Lipinski definition) is 0. The molecule has 5 aromatic rings. The van der Waals surface area contributed by atoms with Gasteiger partial charge >= 0.3 is 0 Å². The summed E-state index contributed by atoms with van der Waals surface area (Å²) in [4.78, 5) is 4.58. The quantitative estimate of drug-likeness (QED) is 0.312. The van der Waals surface area contributed by atoms with Gasteiger partial charge in [-0.2, -0.15) is 0 Å². The highest BCUT2D eigenvalue weighted by atomic mass is 19.1. The summed E-state index contributed by atoms with van der Waals surface area (Å²) in [6.45, 7) is 1.99. The lowest BCUT2D eigenvalue weighted by Crippen LogP contribution is -1.91. The Balaban J connectivity index is 1.90. The Morgan fingerprint density at radius 2 is 1.42 bits per heavy atom. The van der Waals surface area contributed by atoms with Gasteiger partial charge < -0.3 is 0 Å². The minimum atomic E-state index is -0.240. The lowest BCUT2D eigenvalue weighted by molar-refractivity contribution is 0.628. The molecule has 0 aliphatic carbocycles. The fourth-order valence-electron chi connectivity index (χ4n) is 3.82. The maximum atomic E-state index is 13.8. The lowest BCUT2D eigenvalue weighted by Gasteiger charge is -2.12. The van der Waals surface area contributed by atoms with Gasteiger partial charge in [0.1, 0.15) is 5.82 Å². The third-order valence-corrected chi connectivity index (χ3v) is 5.12. The average Bonchev–Trinajstić information content (AvgIpc) is 2.69. The zero-order valence-electron chi connectivity index (χ0n) is 14.3. The Kier molecular flexibility index (Phi) is 3.26. The molecule has 1 aromatic heterocycles. The summed E-state index contributed by atoms with van der Waals surface area (Å²) in [7, 11) is 0. The van der Waals surface area contributed by atoms with E-state index in [1.54, 1.807) is 12.1 Å². The standard InChI is InChI=1S/C24H16FN/c1-15-6-8-17(25)14-23(15)24-22-11-10-19-18-5-3-2-4-16(18)7-9-20(19)21(22)12-13-26-24/h2-14H,1H3. The van der Waals surface area contributed by atoms with Crippen molar-refractivity contribution in [3.63, 3.8) is 0 Å². The maximum absolute atomic E-state index is 13.8. The van der Waals surface area contributed by atoms with Gasteiger partial charge in [0.15, 0.2) is 0 Å². The Morgan fingerprint density at radius 1 is 0.692 bits per heavy atom. The second-order valence-corrected chi connectivity index (χ2v) is 6.66. The Bertz CT molecular complexity index is 1300. The first-order chi connectivity index (χ1) is 12.7. The van der Waals surface area contributed by atoms with E-state index in [9.17, 15) is 4.39 Å². The van der Waals surface area contributed by atoms with Crippen LogP contribution in [-0.2, 0) is 0 Å². The van der Waals surface area contributed by atoms with Crippen LogP contribution >= 0.6 is 0 Å². The molecule has 4 aromatic carbocycles. The fraction of sp³-hybridized carbons (Fsp3) is 0.0417. The molecule has 0 unspecified atom stereocenters. The number of hydrogen-bond acceptors (Lipinski definition) is 1. The van der Waals surface area contributed by atoms with Gasteiger partial charge in [-0.05, 0) is 57.6 Å². The summed E-state index contributed by atoms with van der Waals surface area (Å²) >= 11 is 0. The molecule has 5 rings (SSSR count). The summed E-state index contributed by atoms with van der Waals surface area (Å²) in [5, 5.41) is 7.08. The summed E-state index contributed by atoms with van der Waals surface area (Å²) in [5.74, 6) is -0.240. The predicted molar refractivity (Wildman–Crippen MR) is 107 cm³/mol. The Morgan fingerprint density at radius 3 is 2.35 bits per heavy atom. The molecule has 0 amide bonds. The van der Waals surface area contributed by atoms with Gasteiger partial charge in [0.2, 0.25) is 0 Å². The van der Waals surface area contributed by atoms with E-state index in [4.69, 9.17) is 0 Å². The predicted octanol–water partition coefficient (Wildman–Crippen LogP) is 6.66. The molecule has 26 heavy (non-hydrogen) atoms. The van der Waals surface area contributed by atoms with E-state index in [-0.39, 0.29) is 5.82 Å². The molecule has 0 bridgehead atoms. The van der Waals surface area contributed by atoms with Crippen LogP contribution in [0.25, 0.3) is 43.6 Å². The highest BCUT2D eigenvalue weighted by molar-refractivity contribution is 6.18. The van der Waals surface area contributed by atoms with E-state index in [1.165, 1.54) is 27.6 Å².